The van der Waals surface area contributed by atoms with Crippen LogP contribution in [0.2, 0.25) is 0 Å². The largest absolute Gasteiger partial charge is 0.362 e. The third-order valence-electron chi connectivity index (χ3n) is 3.55. The Hall–Kier alpha value is -0.220. The molecule has 1 aliphatic heterocycles. The monoisotopic (exact) mass is 271 g/mol. The summed E-state index contributed by atoms with van der Waals surface area (Å²) in [6.07, 6.45) is 3.72. The lowest BCUT2D eigenvalue weighted by Crippen LogP contribution is -2.31. The van der Waals surface area contributed by atoms with Crippen LogP contribution in [0.5, 0.6) is 0 Å². The third kappa shape index (κ3) is 5.61. The molecular weight excluding hydrogens is 242 g/mol. The molecule has 4 heteroatoms. The van der Waals surface area contributed by atoms with Crippen LogP contribution < -0.4 is 5.32 Å². The minimum absolute atomic E-state index is 0.544. The van der Waals surface area contributed by atoms with Crippen molar-refractivity contribution in [1.29, 1.82) is 0 Å². The van der Waals surface area contributed by atoms with E-state index < -0.39 is 0 Å². The van der Waals surface area contributed by atoms with Crippen molar-refractivity contribution in [3.63, 3.8) is 0 Å². The predicted molar refractivity (Wildman–Crippen MR) is 83.6 cm³/mol. The first-order valence-corrected chi connectivity index (χ1v) is 8.27. The average molecular weight is 271 g/mol. The van der Waals surface area contributed by atoms with Crippen LogP contribution in [0.25, 0.3) is 0 Å². The summed E-state index contributed by atoms with van der Waals surface area (Å²) < 4.78 is 0. The van der Waals surface area contributed by atoms with E-state index in [0.29, 0.717) is 11.3 Å². The topological polar surface area (TPSA) is 27.6 Å². The van der Waals surface area contributed by atoms with E-state index >= 15 is 0 Å². The van der Waals surface area contributed by atoms with Crippen molar-refractivity contribution in [3.05, 3.63) is 0 Å². The fourth-order valence-electron chi connectivity index (χ4n) is 2.15. The number of hydrogen-bond donors (Lipinski definition) is 1. The first kappa shape index (κ1) is 15.8. The Morgan fingerprint density at radius 3 is 2.67 bits per heavy atom. The highest BCUT2D eigenvalue weighted by Gasteiger charge is 2.18. The SMILES string of the molecule is CCC1CN=C(NC(C)CCCN(CC)CC)S1. The molecule has 1 N–H and O–H groups in total. The molecule has 0 spiro atoms. The van der Waals surface area contributed by atoms with Crippen molar-refractivity contribution in [3.8, 4) is 0 Å². The molecule has 0 aromatic heterocycles. The van der Waals surface area contributed by atoms with Crippen molar-refractivity contribution in [2.24, 2.45) is 4.99 Å². The fourth-order valence-corrected chi connectivity index (χ4v) is 3.20. The van der Waals surface area contributed by atoms with Crippen LogP contribution in [0, 0.1) is 0 Å². The summed E-state index contributed by atoms with van der Waals surface area (Å²) in [7, 11) is 0. The molecule has 3 nitrogen and oxygen atoms in total. The fraction of sp³-hybridized carbons (Fsp3) is 0.929. The van der Waals surface area contributed by atoms with Crippen molar-refractivity contribution in [1.82, 2.24) is 10.2 Å². The molecule has 0 radical (unpaired) electrons. The summed E-state index contributed by atoms with van der Waals surface area (Å²) in [4.78, 5) is 7.05. The quantitative estimate of drug-likeness (QED) is 0.735. The molecule has 0 aliphatic carbocycles. The molecule has 1 aliphatic rings. The van der Waals surface area contributed by atoms with Gasteiger partial charge >= 0.3 is 0 Å². The zero-order chi connectivity index (χ0) is 13.4. The molecule has 0 aromatic rings. The Labute approximate surface area is 117 Å². The van der Waals surface area contributed by atoms with E-state index in [9.17, 15) is 0 Å². The molecule has 0 bridgehead atoms. The first-order chi connectivity index (χ1) is 8.69. The number of amidine groups is 1. The molecule has 0 saturated carbocycles. The van der Waals surface area contributed by atoms with E-state index in [-0.39, 0.29) is 0 Å². The van der Waals surface area contributed by atoms with Gasteiger partial charge in [-0.25, -0.2) is 0 Å². The van der Waals surface area contributed by atoms with Crippen molar-refractivity contribution in [2.75, 3.05) is 26.2 Å². The third-order valence-corrected chi connectivity index (χ3v) is 4.83. The van der Waals surface area contributed by atoms with Crippen LogP contribution in [0.1, 0.15) is 47.0 Å². The molecule has 2 unspecified atom stereocenters. The predicted octanol–water partition coefficient (Wildman–Crippen LogP) is 2.97. The Kier molecular flexibility index (Phi) is 7.75. The van der Waals surface area contributed by atoms with Crippen molar-refractivity contribution in [2.45, 2.75) is 58.2 Å². The Morgan fingerprint density at radius 1 is 1.39 bits per heavy atom. The molecule has 1 rings (SSSR count). The standard InChI is InChI=1S/C14H29N3S/c1-5-13-11-15-14(18-13)16-12(4)9-8-10-17(6-2)7-3/h12-13H,5-11H2,1-4H3,(H,15,16). The van der Waals surface area contributed by atoms with E-state index in [1.165, 1.54) is 38.9 Å². The number of thioether (sulfide) groups is 1. The smallest absolute Gasteiger partial charge is 0.157 e. The van der Waals surface area contributed by atoms with Crippen molar-refractivity contribution >= 4 is 16.9 Å². The van der Waals surface area contributed by atoms with Gasteiger partial charge in [0.15, 0.2) is 5.17 Å². The lowest BCUT2D eigenvalue weighted by atomic mass is 10.2. The van der Waals surface area contributed by atoms with Gasteiger partial charge in [0.2, 0.25) is 0 Å². The van der Waals surface area contributed by atoms with Gasteiger partial charge in [-0.3, -0.25) is 4.99 Å². The van der Waals surface area contributed by atoms with E-state index in [2.05, 4.69) is 42.9 Å². The number of aliphatic imine (C=N–C) groups is 1. The molecule has 106 valence electrons. The van der Waals surface area contributed by atoms with E-state index in [1.54, 1.807) is 0 Å². The zero-order valence-corrected chi connectivity index (χ0v) is 13.2. The van der Waals surface area contributed by atoms with Crippen molar-refractivity contribution < 1.29 is 0 Å². The van der Waals surface area contributed by atoms with Gasteiger partial charge in [-0.1, -0.05) is 32.5 Å². The lowest BCUT2D eigenvalue weighted by Gasteiger charge is -2.20. The van der Waals surface area contributed by atoms with Gasteiger partial charge in [-0.15, -0.1) is 0 Å². The first-order valence-electron chi connectivity index (χ1n) is 7.39. The summed E-state index contributed by atoms with van der Waals surface area (Å²) in [6, 6.07) is 0.544. The van der Waals surface area contributed by atoms with Gasteiger partial charge in [-0.2, -0.15) is 0 Å². The number of nitrogens with zero attached hydrogens (tertiary/aromatic N) is 2. The normalized spacial score (nSPS) is 21.2. The molecule has 1 heterocycles. The highest BCUT2D eigenvalue weighted by molar-refractivity contribution is 8.14. The van der Waals surface area contributed by atoms with Gasteiger partial charge in [0.25, 0.3) is 0 Å². The molecule has 0 fully saturated rings. The maximum Gasteiger partial charge on any atom is 0.157 e. The highest BCUT2D eigenvalue weighted by atomic mass is 32.2. The minimum Gasteiger partial charge on any atom is -0.362 e. The molecule has 18 heavy (non-hydrogen) atoms. The van der Waals surface area contributed by atoms with Gasteiger partial charge in [0, 0.05) is 11.3 Å². The average Bonchev–Trinajstić information content (AvgIpc) is 2.82. The summed E-state index contributed by atoms with van der Waals surface area (Å²) >= 11 is 1.92. The maximum atomic E-state index is 4.56. The van der Waals surface area contributed by atoms with Gasteiger partial charge in [0.1, 0.15) is 0 Å². The van der Waals surface area contributed by atoms with Crippen LogP contribution in [0.3, 0.4) is 0 Å². The summed E-state index contributed by atoms with van der Waals surface area (Å²) in [5.74, 6) is 0. The molecular formula is C14H29N3S. The maximum absolute atomic E-state index is 4.56. The van der Waals surface area contributed by atoms with Gasteiger partial charge in [-0.05, 0) is 45.8 Å². The van der Waals surface area contributed by atoms with Crippen LogP contribution in [-0.2, 0) is 0 Å². The molecule has 0 aromatic carbocycles. The molecule has 2 atom stereocenters. The van der Waals surface area contributed by atoms with Crippen LogP contribution in [0.4, 0.5) is 0 Å². The second-order valence-corrected chi connectivity index (χ2v) is 6.30. The van der Waals surface area contributed by atoms with E-state index in [0.717, 1.165) is 11.7 Å². The Balaban J connectivity index is 2.12. The van der Waals surface area contributed by atoms with Crippen LogP contribution in [-0.4, -0.2) is 47.5 Å². The second kappa shape index (κ2) is 8.81. The number of hydrogen-bond acceptors (Lipinski definition) is 4. The van der Waals surface area contributed by atoms with Crippen LogP contribution in [0.15, 0.2) is 4.99 Å². The van der Waals surface area contributed by atoms with E-state index in [1.807, 2.05) is 11.8 Å². The lowest BCUT2D eigenvalue weighted by molar-refractivity contribution is 0.293. The second-order valence-electron chi connectivity index (χ2n) is 5.01. The number of rotatable bonds is 8. The minimum atomic E-state index is 0.544. The Morgan fingerprint density at radius 2 is 2.11 bits per heavy atom. The van der Waals surface area contributed by atoms with Gasteiger partial charge < -0.3 is 10.2 Å². The van der Waals surface area contributed by atoms with Crippen LogP contribution >= 0.6 is 11.8 Å². The summed E-state index contributed by atoms with van der Waals surface area (Å²) in [6.45, 7) is 13.5. The van der Waals surface area contributed by atoms with Gasteiger partial charge in [0.05, 0.1) is 6.54 Å². The zero-order valence-electron chi connectivity index (χ0n) is 12.4. The van der Waals surface area contributed by atoms with E-state index in [4.69, 9.17) is 0 Å². The molecule has 0 amide bonds. The number of nitrogens with one attached hydrogen (secondary N) is 1. The highest BCUT2D eigenvalue weighted by Crippen LogP contribution is 2.22. The molecule has 0 saturated heterocycles. The summed E-state index contributed by atoms with van der Waals surface area (Å²) in [5, 5.41) is 5.42. The summed E-state index contributed by atoms with van der Waals surface area (Å²) in [5.41, 5.74) is 0. The Bertz CT molecular complexity index is 251.